The largest absolute Gasteiger partial charge is 0.495 e. The number of amides is 2. The Morgan fingerprint density at radius 2 is 1.89 bits per heavy atom. The third-order valence-electron chi connectivity index (χ3n) is 4.70. The summed E-state index contributed by atoms with van der Waals surface area (Å²) >= 11 is 0. The molecular formula is C22H25N3O3. The van der Waals surface area contributed by atoms with E-state index in [1.807, 2.05) is 45.0 Å². The van der Waals surface area contributed by atoms with E-state index < -0.39 is 0 Å². The summed E-state index contributed by atoms with van der Waals surface area (Å²) in [6.07, 6.45) is 0. The Morgan fingerprint density at radius 3 is 2.61 bits per heavy atom. The molecular weight excluding hydrogens is 354 g/mol. The molecule has 0 aliphatic carbocycles. The number of fused-ring (bicyclic) bond motifs is 1. The van der Waals surface area contributed by atoms with Gasteiger partial charge < -0.3 is 19.9 Å². The van der Waals surface area contributed by atoms with Crippen LogP contribution in [-0.2, 0) is 4.79 Å². The zero-order valence-corrected chi connectivity index (χ0v) is 16.6. The van der Waals surface area contributed by atoms with E-state index in [0.29, 0.717) is 23.7 Å². The van der Waals surface area contributed by atoms with Crippen LogP contribution in [0.2, 0.25) is 0 Å². The fraction of sp³-hybridized carbons (Fsp3) is 0.273. The van der Waals surface area contributed by atoms with Crippen molar-refractivity contribution in [3.63, 3.8) is 0 Å². The number of aromatic nitrogens is 1. The van der Waals surface area contributed by atoms with Crippen LogP contribution in [0.5, 0.6) is 5.75 Å². The molecule has 0 saturated carbocycles. The number of hydrogen-bond acceptors (Lipinski definition) is 3. The standard InChI is InChI=1S/C22H25N3O3/c1-5-25(13-21(26)24-17-8-6-7-9-20(17)28-4)22(27)19-12-16-15(3)10-14(2)11-18(16)23-19/h6-12,23H,5,13H2,1-4H3,(H,24,26). The first-order valence-electron chi connectivity index (χ1n) is 9.25. The highest BCUT2D eigenvalue weighted by atomic mass is 16.5. The highest BCUT2D eigenvalue weighted by Crippen LogP contribution is 2.24. The molecule has 146 valence electrons. The lowest BCUT2D eigenvalue weighted by Crippen LogP contribution is -2.38. The maximum Gasteiger partial charge on any atom is 0.270 e. The van der Waals surface area contributed by atoms with E-state index in [9.17, 15) is 9.59 Å². The first-order valence-corrected chi connectivity index (χ1v) is 9.25. The molecule has 28 heavy (non-hydrogen) atoms. The molecule has 1 heterocycles. The summed E-state index contributed by atoms with van der Waals surface area (Å²) in [5, 5.41) is 3.82. The number of carbonyl (C=O) groups is 2. The number of methoxy groups -OCH3 is 1. The van der Waals surface area contributed by atoms with Crippen LogP contribution in [0.1, 0.15) is 28.5 Å². The van der Waals surface area contributed by atoms with Crippen molar-refractivity contribution < 1.29 is 14.3 Å². The van der Waals surface area contributed by atoms with Crippen molar-refractivity contribution in [3.8, 4) is 5.75 Å². The van der Waals surface area contributed by atoms with Gasteiger partial charge in [0.25, 0.3) is 5.91 Å². The van der Waals surface area contributed by atoms with Crippen molar-refractivity contribution in [2.75, 3.05) is 25.5 Å². The maximum absolute atomic E-state index is 12.9. The Hall–Kier alpha value is -3.28. The van der Waals surface area contributed by atoms with Crippen molar-refractivity contribution >= 4 is 28.4 Å². The number of hydrogen-bond donors (Lipinski definition) is 2. The number of aromatic amines is 1. The molecule has 0 bridgehead atoms. The van der Waals surface area contributed by atoms with Gasteiger partial charge in [-0.25, -0.2) is 0 Å². The minimum absolute atomic E-state index is 0.0409. The Labute approximate surface area is 164 Å². The van der Waals surface area contributed by atoms with Crippen molar-refractivity contribution in [1.29, 1.82) is 0 Å². The smallest absolute Gasteiger partial charge is 0.270 e. The first kappa shape index (κ1) is 19.5. The molecule has 6 nitrogen and oxygen atoms in total. The van der Waals surface area contributed by atoms with Gasteiger partial charge in [-0.15, -0.1) is 0 Å². The summed E-state index contributed by atoms with van der Waals surface area (Å²) in [6.45, 7) is 6.28. The van der Waals surface area contributed by atoms with E-state index in [1.165, 1.54) is 4.90 Å². The Bertz CT molecular complexity index is 1020. The monoisotopic (exact) mass is 379 g/mol. The number of H-pyrrole nitrogens is 1. The number of anilines is 1. The third kappa shape index (κ3) is 4.01. The van der Waals surface area contributed by atoms with Crippen molar-refractivity contribution in [1.82, 2.24) is 9.88 Å². The number of benzene rings is 2. The summed E-state index contributed by atoms with van der Waals surface area (Å²) in [5.74, 6) is 0.0976. The van der Waals surface area contributed by atoms with Gasteiger partial charge >= 0.3 is 0 Å². The second-order valence-corrected chi connectivity index (χ2v) is 6.79. The summed E-state index contributed by atoms with van der Waals surface area (Å²) in [7, 11) is 1.55. The van der Waals surface area contributed by atoms with Gasteiger partial charge in [0.05, 0.1) is 12.8 Å². The number of nitrogens with one attached hydrogen (secondary N) is 2. The predicted octanol–water partition coefficient (Wildman–Crippen LogP) is 3.89. The summed E-state index contributed by atoms with van der Waals surface area (Å²) in [4.78, 5) is 30.1. The van der Waals surface area contributed by atoms with E-state index >= 15 is 0 Å². The summed E-state index contributed by atoms with van der Waals surface area (Å²) < 4.78 is 5.25. The maximum atomic E-state index is 12.9. The normalized spacial score (nSPS) is 10.7. The molecule has 0 saturated heterocycles. The third-order valence-corrected chi connectivity index (χ3v) is 4.70. The summed E-state index contributed by atoms with van der Waals surface area (Å²) in [6, 6.07) is 13.1. The molecule has 0 spiro atoms. The van der Waals surface area contributed by atoms with Gasteiger partial charge in [-0.05, 0) is 56.2 Å². The SMILES string of the molecule is CCN(CC(=O)Nc1ccccc1OC)C(=O)c1cc2c(C)cc(C)cc2[nH]1. The molecule has 0 atom stereocenters. The van der Waals surface area contributed by atoms with E-state index in [-0.39, 0.29) is 18.4 Å². The van der Waals surface area contributed by atoms with Gasteiger partial charge in [0.1, 0.15) is 18.0 Å². The summed E-state index contributed by atoms with van der Waals surface area (Å²) in [5.41, 5.74) is 4.23. The highest BCUT2D eigenvalue weighted by Gasteiger charge is 2.20. The van der Waals surface area contributed by atoms with E-state index in [2.05, 4.69) is 16.4 Å². The van der Waals surface area contributed by atoms with E-state index in [1.54, 1.807) is 19.2 Å². The van der Waals surface area contributed by atoms with Crippen LogP contribution in [0.15, 0.2) is 42.5 Å². The topological polar surface area (TPSA) is 74.4 Å². The number of carbonyl (C=O) groups excluding carboxylic acids is 2. The van der Waals surface area contributed by atoms with E-state index in [0.717, 1.165) is 22.0 Å². The average molecular weight is 379 g/mol. The number of para-hydroxylation sites is 2. The van der Waals surface area contributed by atoms with Gasteiger partial charge in [0.15, 0.2) is 0 Å². The Kier molecular flexibility index (Phi) is 5.68. The van der Waals surface area contributed by atoms with Gasteiger partial charge in [-0.3, -0.25) is 9.59 Å². The lowest BCUT2D eigenvalue weighted by atomic mass is 10.1. The second-order valence-electron chi connectivity index (χ2n) is 6.79. The molecule has 3 rings (SSSR count). The number of ether oxygens (including phenoxy) is 1. The second kappa shape index (κ2) is 8.17. The zero-order valence-electron chi connectivity index (χ0n) is 16.6. The first-order chi connectivity index (χ1) is 13.4. The van der Waals surface area contributed by atoms with Crippen molar-refractivity contribution in [2.24, 2.45) is 0 Å². The molecule has 2 aromatic carbocycles. The number of likely N-dealkylation sites (N-methyl/N-ethyl adjacent to an activating group) is 1. The van der Waals surface area contributed by atoms with Gasteiger partial charge in [0.2, 0.25) is 5.91 Å². The van der Waals surface area contributed by atoms with Crippen molar-refractivity contribution in [2.45, 2.75) is 20.8 Å². The van der Waals surface area contributed by atoms with E-state index in [4.69, 9.17) is 4.74 Å². The van der Waals surface area contributed by atoms with Gasteiger partial charge in [-0.2, -0.15) is 0 Å². The van der Waals surface area contributed by atoms with Crippen LogP contribution in [0.4, 0.5) is 5.69 Å². The molecule has 0 radical (unpaired) electrons. The minimum atomic E-state index is -0.275. The molecule has 2 N–H and O–H groups in total. The molecule has 2 amide bonds. The number of rotatable bonds is 6. The van der Waals surface area contributed by atoms with Crippen LogP contribution in [0, 0.1) is 13.8 Å². The minimum Gasteiger partial charge on any atom is -0.495 e. The lowest BCUT2D eigenvalue weighted by molar-refractivity contribution is -0.116. The van der Waals surface area contributed by atoms with Gasteiger partial charge in [-0.1, -0.05) is 18.2 Å². The van der Waals surface area contributed by atoms with Crippen LogP contribution in [-0.4, -0.2) is 41.9 Å². The lowest BCUT2D eigenvalue weighted by Gasteiger charge is -2.20. The molecule has 1 aromatic heterocycles. The molecule has 0 aliphatic heterocycles. The molecule has 0 fully saturated rings. The fourth-order valence-electron chi connectivity index (χ4n) is 3.32. The molecule has 0 unspecified atom stereocenters. The van der Waals surface area contributed by atoms with Crippen LogP contribution in [0.25, 0.3) is 10.9 Å². The van der Waals surface area contributed by atoms with Crippen LogP contribution >= 0.6 is 0 Å². The molecule has 0 aliphatic rings. The fourth-order valence-corrected chi connectivity index (χ4v) is 3.32. The molecule has 6 heteroatoms. The Morgan fingerprint density at radius 1 is 1.14 bits per heavy atom. The van der Waals surface area contributed by atoms with Gasteiger partial charge in [0, 0.05) is 17.4 Å². The van der Waals surface area contributed by atoms with Crippen LogP contribution in [0.3, 0.4) is 0 Å². The molecule has 3 aromatic rings. The zero-order chi connectivity index (χ0) is 20.3. The van der Waals surface area contributed by atoms with Crippen molar-refractivity contribution in [3.05, 3.63) is 59.3 Å². The van der Waals surface area contributed by atoms with Crippen LogP contribution < -0.4 is 10.1 Å². The predicted molar refractivity (Wildman–Crippen MR) is 111 cm³/mol. The Balaban J connectivity index is 1.76. The highest BCUT2D eigenvalue weighted by molar-refractivity contribution is 6.02. The number of nitrogens with zero attached hydrogens (tertiary/aromatic N) is 1. The number of aryl methyl sites for hydroxylation is 2. The average Bonchev–Trinajstić information content (AvgIpc) is 3.10. The quantitative estimate of drug-likeness (QED) is 0.682.